The zero-order chi connectivity index (χ0) is 11.2. The van der Waals surface area contributed by atoms with Crippen LogP contribution in [-0.2, 0) is 5.41 Å². The van der Waals surface area contributed by atoms with Crippen molar-refractivity contribution in [3.63, 3.8) is 0 Å². The Kier molecular flexibility index (Phi) is 2.49. The van der Waals surface area contributed by atoms with Crippen LogP contribution < -0.4 is 0 Å². The molecule has 3 rings (SSSR count). The number of aliphatic hydroxyl groups is 1. The van der Waals surface area contributed by atoms with Crippen LogP contribution >= 0.6 is 11.6 Å². The molecular formula is C14H17ClO. The first-order chi connectivity index (χ1) is 7.77. The fourth-order valence-corrected chi connectivity index (χ4v) is 3.48. The molecule has 2 atom stereocenters. The Morgan fingerprint density at radius 1 is 1.25 bits per heavy atom. The van der Waals surface area contributed by atoms with Crippen molar-refractivity contribution in [2.75, 3.05) is 6.61 Å². The van der Waals surface area contributed by atoms with E-state index >= 15 is 0 Å². The Balaban J connectivity index is 1.92. The third kappa shape index (κ3) is 1.42. The zero-order valence-corrected chi connectivity index (χ0v) is 10.1. The molecule has 2 aliphatic carbocycles. The fourth-order valence-electron chi connectivity index (χ4n) is 3.35. The summed E-state index contributed by atoms with van der Waals surface area (Å²) in [5.41, 5.74) is 1.68. The number of rotatable bonds is 3. The lowest BCUT2D eigenvalue weighted by Gasteiger charge is -2.35. The van der Waals surface area contributed by atoms with Gasteiger partial charge < -0.3 is 5.11 Å². The average molecular weight is 237 g/mol. The smallest absolute Gasteiger partial charge is 0.0468 e. The van der Waals surface area contributed by atoms with E-state index in [0.717, 1.165) is 17.4 Å². The molecule has 2 fully saturated rings. The first-order valence-corrected chi connectivity index (χ1v) is 6.52. The van der Waals surface area contributed by atoms with Crippen LogP contribution in [0.3, 0.4) is 0 Å². The first-order valence-electron chi connectivity index (χ1n) is 6.14. The molecule has 16 heavy (non-hydrogen) atoms. The molecule has 0 aromatic heterocycles. The van der Waals surface area contributed by atoms with Crippen LogP contribution in [0.4, 0.5) is 0 Å². The maximum atomic E-state index is 9.40. The number of hydrogen-bond donors (Lipinski definition) is 1. The SMILES string of the molecule is OCC1CC1(c1ccc(Cl)cc1)C1CCC1. The number of halogens is 1. The minimum absolute atomic E-state index is 0.289. The molecule has 0 amide bonds. The van der Waals surface area contributed by atoms with Gasteiger partial charge >= 0.3 is 0 Å². The highest BCUT2D eigenvalue weighted by Gasteiger charge is 2.60. The molecule has 0 bridgehead atoms. The van der Waals surface area contributed by atoms with Gasteiger partial charge in [0, 0.05) is 17.0 Å². The van der Waals surface area contributed by atoms with E-state index in [1.807, 2.05) is 12.1 Å². The second kappa shape index (κ2) is 3.75. The predicted molar refractivity (Wildman–Crippen MR) is 65.7 cm³/mol. The van der Waals surface area contributed by atoms with E-state index < -0.39 is 0 Å². The zero-order valence-electron chi connectivity index (χ0n) is 9.32. The summed E-state index contributed by atoms with van der Waals surface area (Å²) >= 11 is 5.93. The Labute approximate surface area is 101 Å². The maximum absolute atomic E-state index is 9.40. The third-order valence-electron chi connectivity index (χ3n) is 4.59. The van der Waals surface area contributed by atoms with Gasteiger partial charge in [0.15, 0.2) is 0 Å². The van der Waals surface area contributed by atoms with Crippen molar-refractivity contribution in [2.45, 2.75) is 31.1 Å². The van der Waals surface area contributed by atoms with Crippen molar-refractivity contribution >= 4 is 11.6 Å². The van der Waals surface area contributed by atoms with Gasteiger partial charge in [0.25, 0.3) is 0 Å². The summed E-state index contributed by atoms with van der Waals surface area (Å²) in [7, 11) is 0. The highest BCUT2D eigenvalue weighted by molar-refractivity contribution is 6.30. The van der Waals surface area contributed by atoms with Crippen molar-refractivity contribution in [2.24, 2.45) is 11.8 Å². The molecule has 0 spiro atoms. The molecule has 1 nitrogen and oxygen atoms in total. The molecule has 1 aromatic carbocycles. The van der Waals surface area contributed by atoms with Gasteiger partial charge in [-0.15, -0.1) is 0 Å². The lowest BCUT2D eigenvalue weighted by molar-refractivity contribution is 0.197. The van der Waals surface area contributed by atoms with E-state index in [4.69, 9.17) is 11.6 Å². The second-order valence-corrected chi connectivity index (χ2v) is 5.70. The Morgan fingerprint density at radius 2 is 1.94 bits per heavy atom. The molecule has 86 valence electrons. The van der Waals surface area contributed by atoms with Crippen LogP contribution in [0.15, 0.2) is 24.3 Å². The second-order valence-electron chi connectivity index (χ2n) is 5.26. The summed E-state index contributed by atoms with van der Waals surface area (Å²) < 4.78 is 0. The Morgan fingerprint density at radius 3 is 2.38 bits per heavy atom. The van der Waals surface area contributed by atoms with Crippen LogP contribution in [0.25, 0.3) is 0 Å². The highest BCUT2D eigenvalue weighted by Crippen LogP contribution is 2.63. The van der Waals surface area contributed by atoms with Crippen molar-refractivity contribution in [3.8, 4) is 0 Å². The van der Waals surface area contributed by atoms with E-state index in [9.17, 15) is 5.11 Å². The van der Waals surface area contributed by atoms with Crippen LogP contribution in [0.2, 0.25) is 5.02 Å². The standard InChI is InChI=1S/C14H17ClO/c15-13-6-4-11(5-7-13)14(8-12(14)9-16)10-2-1-3-10/h4-7,10,12,16H,1-3,8-9H2. The van der Waals surface area contributed by atoms with E-state index in [1.54, 1.807) is 0 Å². The van der Waals surface area contributed by atoms with Crippen molar-refractivity contribution in [1.29, 1.82) is 0 Å². The first kappa shape index (κ1) is 10.6. The lowest BCUT2D eigenvalue weighted by Crippen LogP contribution is -2.29. The van der Waals surface area contributed by atoms with E-state index in [-0.39, 0.29) is 5.41 Å². The molecule has 2 heteroatoms. The molecule has 2 unspecified atom stereocenters. The van der Waals surface area contributed by atoms with Crippen molar-refractivity contribution < 1.29 is 5.11 Å². The van der Waals surface area contributed by atoms with Gasteiger partial charge in [-0.05, 0) is 48.8 Å². The van der Waals surface area contributed by atoms with Crippen LogP contribution in [0.1, 0.15) is 31.2 Å². The number of aliphatic hydroxyl groups excluding tert-OH is 1. The van der Waals surface area contributed by atoms with Crippen LogP contribution in [0, 0.1) is 11.8 Å². The summed E-state index contributed by atoms with van der Waals surface area (Å²) in [5.74, 6) is 1.28. The fraction of sp³-hybridized carbons (Fsp3) is 0.571. The van der Waals surface area contributed by atoms with Gasteiger partial charge in [0.1, 0.15) is 0 Å². The molecule has 0 saturated heterocycles. The summed E-state index contributed by atoms with van der Waals surface area (Å²) in [4.78, 5) is 0. The lowest BCUT2D eigenvalue weighted by atomic mass is 9.69. The quantitative estimate of drug-likeness (QED) is 0.853. The van der Waals surface area contributed by atoms with E-state index in [1.165, 1.54) is 24.8 Å². The number of benzene rings is 1. The van der Waals surface area contributed by atoms with Gasteiger partial charge in [-0.3, -0.25) is 0 Å². The van der Waals surface area contributed by atoms with Crippen molar-refractivity contribution in [3.05, 3.63) is 34.9 Å². The highest BCUT2D eigenvalue weighted by atomic mass is 35.5. The monoisotopic (exact) mass is 236 g/mol. The molecule has 1 aromatic rings. The largest absolute Gasteiger partial charge is 0.396 e. The van der Waals surface area contributed by atoms with E-state index in [2.05, 4.69) is 12.1 Å². The topological polar surface area (TPSA) is 20.2 Å². The Bertz CT molecular complexity index is 382. The minimum Gasteiger partial charge on any atom is -0.396 e. The van der Waals surface area contributed by atoms with Crippen LogP contribution in [-0.4, -0.2) is 11.7 Å². The van der Waals surface area contributed by atoms with Gasteiger partial charge in [0.05, 0.1) is 0 Å². The summed E-state index contributed by atoms with van der Waals surface area (Å²) in [5, 5.41) is 10.2. The maximum Gasteiger partial charge on any atom is 0.0468 e. The minimum atomic E-state index is 0.289. The molecule has 1 N–H and O–H groups in total. The van der Waals surface area contributed by atoms with Gasteiger partial charge in [-0.1, -0.05) is 30.2 Å². The molecule has 0 heterocycles. The van der Waals surface area contributed by atoms with Crippen molar-refractivity contribution in [1.82, 2.24) is 0 Å². The van der Waals surface area contributed by atoms with Gasteiger partial charge in [-0.2, -0.15) is 0 Å². The van der Waals surface area contributed by atoms with Gasteiger partial charge in [0.2, 0.25) is 0 Å². The average Bonchev–Trinajstić information content (AvgIpc) is 2.92. The molecule has 0 radical (unpaired) electrons. The molecule has 2 aliphatic rings. The summed E-state index contributed by atoms with van der Waals surface area (Å²) in [6.07, 6.45) is 5.19. The Hall–Kier alpha value is -0.530. The normalized spacial score (nSPS) is 33.5. The van der Waals surface area contributed by atoms with Crippen LogP contribution in [0.5, 0.6) is 0 Å². The van der Waals surface area contributed by atoms with E-state index in [0.29, 0.717) is 12.5 Å². The van der Waals surface area contributed by atoms with Gasteiger partial charge in [-0.25, -0.2) is 0 Å². The predicted octanol–water partition coefficient (Wildman–Crippen LogP) is 3.39. The summed E-state index contributed by atoms with van der Waals surface area (Å²) in [6, 6.07) is 8.25. The number of hydrogen-bond acceptors (Lipinski definition) is 1. The molecule has 0 aliphatic heterocycles. The summed E-state index contributed by atoms with van der Waals surface area (Å²) in [6.45, 7) is 0.332. The third-order valence-corrected chi connectivity index (χ3v) is 4.84. The molecular weight excluding hydrogens is 220 g/mol. The molecule has 2 saturated carbocycles.